The van der Waals surface area contributed by atoms with E-state index >= 15 is 0 Å². The lowest BCUT2D eigenvalue weighted by molar-refractivity contribution is -0.141. The zero-order chi connectivity index (χ0) is 27.7. The third-order valence-corrected chi connectivity index (χ3v) is 8.75. The van der Waals surface area contributed by atoms with Gasteiger partial charge in [0, 0.05) is 24.8 Å². The van der Waals surface area contributed by atoms with E-state index in [1.807, 2.05) is 84.9 Å². The van der Waals surface area contributed by atoms with Gasteiger partial charge in [0.15, 0.2) is 11.1 Å². The molecule has 206 valence electrons. The molecular formula is C32H35N5O3. The van der Waals surface area contributed by atoms with Gasteiger partial charge < -0.3 is 20.9 Å². The Labute approximate surface area is 234 Å². The highest BCUT2D eigenvalue weighted by Crippen LogP contribution is 2.55. The van der Waals surface area contributed by atoms with E-state index in [2.05, 4.69) is 16.0 Å². The van der Waals surface area contributed by atoms with Gasteiger partial charge in [0.2, 0.25) is 11.8 Å². The lowest BCUT2D eigenvalue weighted by atomic mass is 9.68. The minimum atomic E-state index is -1.82. The number of para-hydroxylation sites is 1. The normalized spacial score (nSPS) is 25.6. The molecule has 40 heavy (non-hydrogen) atoms. The van der Waals surface area contributed by atoms with E-state index in [4.69, 9.17) is 5.73 Å². The number of fused-ring (bicyclic) bond motifs is 3. The van der Waals surface area contributed by atoms with Crippen molar-refractivity contribution in [2.24, 2.45) is 5.73 Å². The van der Waals surface area contributed by atoms with Gasteiger partial charge in [0.1, 0.15) is 6.04 Å². The van der Waals surface area contributed by atoms with Crippen LogP contribution in [0.3, 0.4) is 0 Å². The van der Waals surface area contributed by atoms with E-state index < -0.39 is 28.9 Å². The largest absolute Gasteiger partial charge is 0.358 e. The number of anilines is 1. The first kappa shape index (κ1) is 26.1. The summed E-state index contributed by atoms with van der Waals surface area (Å²) >= 11 is 0. The summed E-state index contributed by atoms with van der Waals surface area (Å²) in [5, 5.41) is 9.32. The van der Waals surface area contributed by atoms with Crippen LogP contribution in [-0.4, -0.2) is 40.4 Å². The third kappa shape index (κ3) is 4.05. The van der Waals surface area contributed by atoms with Crippen molar-refractivity contribution in [2.45, 2.75) is 68.4 Å². The Morgan fingerprint density at radius 1 is 0.825 bits per heavy atom. The molecule has 1 aliphatic carbocycles. The zero-order valence-electron chi connectivity index (χ0n) is 22.4. The number of hydrogen-bond donors (Lipinski definition) is 4. The fourth-order valence-corrected chi connectivity index (χ4v) is 6.86. The number of carbonyl (C=O) groups excluding carboxylic acids is 3. The van der Waals surface area contributed by atoms with E-state index in [9.17, 15) is 14.4 Å². The van der Waals surface area contributed by atoms with Gasteiger partial charge in [-0.2, -0.15) is 0 Å². The van der Waals surface area contributed by atoms with Crippen LogP contribution < -0.4 is 21.7 Å². The Kier molecular flexibility index (Phi) is 6.80. The molecule has 1 saturated heterocycles. The van der Waals surface area contributed by atoms with Gasteiger partial charge in [-0.3, -0.25) is 20.1 Å². The summed E-state index contributed by atoms with van der Waals surface area (Å²) in [6.07, 6.45) is 4.55. The maximum atomic E-state index is 14.6. The van der Waals surface area contributed by atoms with Crippen LogP contribution in [0.1, 0.15) is 48.8 Å². The van der Waals surface area contributed by atoms with Crippen LogP contribution in [0.5, 0.6) is 0 Å². The van der Waals surface area contributed by atoms with Gasteiger partial charge in [0.05, 0.1) is 0 Å². The summed E-state index contributed by atoms with van der Waals surface area (Å²) in [7, 11) is 0. The molecule has 0 bridgehead atoms. The van der Waals surface area contributed by atoms with Gasteiger partial charge in [0.25, 0.3) is 5.91 Å². The Morgan fingerprint density at radius 2 is 1.40 bits per heavy atom. The summed E-state index contributed by atoms with van der Waals surface area (Å²) in [6, 6.07) is 25.2. The first-order valence-corrected chi connectivity index (χ1v) is 14.1. The summed E-state index contributed by atoms with van der Waals surface area (Å²) < 4.78 is 0. The highest BCUT2D eigenvalue weighted by atomic mass is 16.2. The van der Waals surface area contributed by atoms with E-state index in [-0.39, 0.29) is 25.0 Å². The van der Waals surface area contributed by atoms with Gasteiger partial charge in [-0.1, -0.05) is 98.1 Å². The van der Waals surface area contributed by atoms with Crippen molar-refractivity contribution in [1.82, 2.24) is 15.5 Å². The average molecular weight is 538 g/mol. The molecule has 2 heterocycles. The molecule has 0 aromatic heterocycles. The van der Waals surface area contributed by atoms with Gasteiger partial charge in [-0.15, -0.1) is 0 Å². The second kappa shape index (κ2) is 10.4. The van der Waals surface area contributed by atoms with Crippen LogP contribution in [0, 0.1) is 0 Å². The molecule has 2 fully saturated rings. The summed E-state index contributed by atoms with van der Waals surface area (Å²) in [6.45, 7) is 0.521. The molecule has 0 spiro atoms. The van der Waals surface area contributed by atoms with E-state index in [0.29, 0.717) is 11.3 Å². The molecule has 3 amide bonds. The number of nitrogens with one attached hydrogen (secondary N) is 3. The number of benzene rings is 3. The van der Waals surface area contributed by atoms with Crippen molar-refractivity contribution in [3.63, 3.8) is 0 Å². The molecule has 6 rings (SSSR count). The molecule has 3 atom stereocenters. The van der Waals surface area contributed by atoms with Crippen LogP contribution in [0.25, 0.3) is 0 Å². The maximum absolute atomic E-state index is 14.6. The van der Waals surface area contributed by atoms with Crippen LogP contribution >= 0.6 is 0 Å². The van der Waals surface area contributed by atoms with Gasteiger partial charge in [-0.05, 0) is 35.6 Å². The van der Waals surface area contributed by atoms with Crippen LogP contribution in [0.4, 0.5) is 5.69 Å². The van der Waals surface area contributed by atoms with Gasteiger partial charge in [-0.25, -0.2) is 0 Å². The molecule has 8 heteroatoms. The topological polar surface area (TPSA) is 117 Å². The molecule has 2 aliphatic heterocycles. The van der Waals surface area contributed by atoms with Crippen molar-refractivity contribution < 1.29 is 14.4 Å². The Hall–Kier alpha value is -4.17. The van der Waals surface area contributed by atoms with Crippen molar-refractivity contribution in [3.05, 3.63) is 102 Å². The first-order chi connectivity index (χ1) is 19.5. The van der Waals surface area contributed by atoms with Crippen LogP contribution in [0.2, 0.25) is 0 Å². The van der Waals surface area contributed by atoms with Crippen molar-refractivity contribution in [3.8, 4) is 0 Å². The summed E-state index contributed by atoms with van der Waals surface area (Å²) in [5.74, 6) is -1.24. The lowest BCUT2D eigenvalue weighted by Gasteiger charge is -2.40. The predicted octanol–water partition coefficient (Wildman–Crippen LogP) is 3.18. The first-order valence-electron chi connectivity index (χ1n) is 14.1. The minimum Gasteiger partial charge on any atom is -0.358 e. The molecule has 3 aromatic rings. The standard InChI is InChI=1S/C32H35N5O3/c33-32-30(40)37(24-16-8-3-9-17-24)27(28(38)34-20-22-12-4-1-5-13-22)31(32,25-18-10-11-19-26(25)36-32)29(39)35-21-23-14-6-2-7-15-23/h1-2,4-7,10-15,18-19,24,27,36H,3,8-9,16-17,20-21,33H2,(H,34,38)(H,35,39)/t27-,31+,32+/m0/s1. The number of likely N-dealkylation sites (tertiary alicyclic amines) is 1. The Balaban J connectivity index is 1.46. The number of amides is 3. The molecule has 8 nitrogen and oxygen atoms in total. The third-order valence-electron chi connectivity index (χ3n) is 8.75. The van der Waals surface area contributed by atoms with Crippen molar-refractivity contribution in [1.29, 1.82) is 0 Å². The lowest BCUT2D eigenvalue weighted by Crippen LogP contribution is -2.69. The summed E-state index contributed by atoms with van der Waals surface area (Å²) in [5.41, 5.74) is 6.56. The second-order valence-electron chi connectivity index (χ2n) is 11.1. The SMILES string of the molecule is N[C@]12Nc3ccccc3[C@]1(C(=O)NCc1ccccc1)[C@H](C(=O)NCc1ccccc1)N(C1CCCCC1)C2=O. The molecule has 0 radical (unpaired) electrons. The van der Waals surface area contributed by atoms with E-state index in [1.54, 1.807) is 4.90 Å². The minimum absolute atomic E-state index is 0.174. The average Bonchev–Trinajstić information content (AvgIpc) is 3.38. The second-order valence-corrected chi connectivity index (χ2v) is 11.1. The Morgan fingerprint density at radius 3 is 2.05 bits per heavy atom. The van der Waals surface area contributed by atoms with Crippen LogP contribution in [0.15, 0.2) is 84.9 Å². The zero-order valence-corrected chi connectivity index (χ0v) is 22.4. The smallest absolute Gasteiger partial charge is 0.265 e. The number of carbonyl (C=O) groups is 3. The predicted molar refractivity (Wildman–Crippen MR) is 153 cm³/mol. The van der Waals surface area contributed by atoms with E-state index in [0.717, 1.165) is 43.2 Å². The highest BCUT2D eigenvalue weighted by Gasteiger charge is 2.77. The Bertz CT molecular complexity index is 1410. The number of nitrogens with zero attached hydrogens (tertiary/aromatic N) is 1. The molecule has 3 aromatic carbocycles. The maximum Gasteiger partial charge on any atom is 0.265 e. The fraction of sp³-hybridized carbons (Fsp3) is 0.344. The molecule has 3 aliphatic rings. The van der Waals surface area contributed by atoms with Crippen LogP contribution in [-0.2, 0) is 32.9 Å². The molecular weight excluding hydrogens is 502 g/mol. The monoisotopic (exact) mass is 537 g/mol. The molecule has 1 saturated carbocycles. The summed E-state index contributed by atoms with van der Waals surface area (Å²) in [4.78, 5) is 45.0. The number of rotatable bonds is 7. The van der Waals surface area contributed by atoms with E-state index in [1.165, 1.54) is 0 Å². The molecule has 5 N–H and O–H groups in total. The van der Waals surface area contributed by atoms with Crippen molar-refractivity contribution >= 4 is 23.4 Å². The number of hydrogen-bond acceptors (Lipinski definition) is 5. The van der Waals surface area contributed by atoms with Crippen molar-refractivity contribution in [2.75, 3.05) is 5.32 Å². The molecule has 0 unspecified atom stereocenters. The van der Waals surface area contributed by atoms with Gasteiger partial charge >= 0.3 is 0 Å². The fourth-order valence-electron chi connectivity index (χ4n) is 6.86. The quantitative estimate of drug-likeness (QED) is 0.370. The highest BCUT2D eigenvalue weighted by molar-refractivity contribution is 6.14. The number of nitrogens with two attached hydrogens (primary N) is 1.